The minimum atomic E-state index is -0.0366. The molecule has 0 amide bonds. The number of ether oxygens (including phenoxy) is 1. The zero-order valence-corrected chi connectivity index (χ0v) is 11.4. The van der Waals surface area contributed by atoms with Crippen molar-refractivity contribution in [3.8, 4) is 0 Å². The van der Waals surface area contributed by atoms with Crippen molar-refractivity contribution in [3.63, 3.8) is 0 Å². The third-order valence-corrected chi connectivity index (χ3v) is 3.33. The van der Waals surface area contributed by atoms with Gasteiger partial charge in [0.1, 0.15) is 0 Å². The maximum absolute atomic E-state index is 11.3. The summed E-state index contributed by atoms with van der Waals surface area (Å²) in [6.45, 7) is 9.28. The van der Waals surface area contributed by atoms with E-state index in [1.54, 1.807) is 0 Å². The monoisotopic (exact) mass is 228 g/mol. The Morgan fingerprint density at radius 1 is 1.00 bits per heavy atom. The van der Waals surface area contributed by atoms with Crippen molar-refractivity contribution in [2.24, 2.45) is 11.8 Å². The molecular formula is C14H28O2. The molecule has 0 heterocycles. The van der Waals surface area contributed by atoms with Crippen molar-refractivity contribution in [1.82, 2.24) is 0 Å². The number of hydrogen-bond donors (Lipinski definition) is 0. The van der Waals surface area contributed by atoms with Gasteiger partial charge >= 0.3 is 5.97 Å². The first kappa shape index (κ1) is 15.5. The van der Waals surface area contributed by atoms with Gasteiger partial charge in [-0.05, 0) is 24.7 Å². The highest BCUT2D eigenvalue weighted by atomic mass is 16.5. The molecule has 0 spiro atoms. The van der Waals surface area contributed by atoms with Crippen LogP contribution in [-0.2, 0) is 9.53 Å². The van der Waals surface area contributed by atoms with Crippen LogP contribution in [-0.4, -0.2) is 12.6 Å². The van der Waals surface area contributed by atoms with Gasteiger partial charge in [0.15, 0.2) is 0 Å². The molecule has 0 bridgehead atoms. The van der Waals surface area contributed by atoms with Crippen LogP contribution in [0.3, 0.4) is 0 Å². The third-order valence-electron chi connectivity index (χ3n) is 3.33. The molecule has 0 aromatic rings. The van der Waals surface area contributed by atoms with Crippen molar-refractivity contribution in [2.45, 2.75) is 66.2 Å². The predicted octanol–water partition coefficient (Wildman–Crippen LogP) is 4.18. The minimum Gasteiger partial charge on any atom is -0.465 e. The second kappa shape index (κ2) is 9.68. The molecule has 0 fully saturated rings. The summed E-state index contributed by atoms with van der Waals surface area (Å²) < 4.78 is 5.29. The van der Waals surface area contributed by atoms with Gasteiger partial charge in [-0.15, -0.1) is 0 Å². The van der Waals surface area contributed by atoms with Gasteiger partial charge in [-0.3, -0.25) is 4.79 Å². The Morgan fingerprint density at radius 2 is 1.56 bits per heavy atom. The first-order valence-corrected chi connectivity index (χ1v) is 6.83. The summed E-state index contributed by atoms with van der Waals surface area (Å²) >= 11 is 0. The van der Waals surface area contributed by atoms with Crippen molar-refractivity contribution >= 4 is 5.97 Å². The SMILES string of the molecule is CCCC(=O)OCC(CC)CC(CC)CC. The average Bonchev–Trinajstić information content (AvgIpc) is 2.30. The smallest absolute Gasteiger partial charge is 0.305 e. The molecule has 16 heavy (non-hydrogen) atoms. The lowest BCUT2D eigenvalue weighted by Crippen LogP contribution is -2.16. The van der Waals surface area contributed by atoms with Gasteiger partial charge < -0.3 is 4.74 Å². The Kier molecular flexibility index (Phi) is 9.36. The van der Waals surface area contributed by atoms with Crippen LogP contribution in [0.4, 0.5) is 0 Å². The average molecular weight is 228 g/mol. The highest BCUT2D eigenvalue weighted by molar-refractivity contribution is 5.69. The van der Waals surface area contributed by atoms with Gasteiger partial charge in [-0.25, -0.2) is 0 Å². The quantitative estimate of drug-likeness (QED) is 0.553. The van der Waals surface area contributed by atoms with Gasteiger partial charge in [0.05, 0.1) is 6.61 Å². The van der Waals surface area contributed by atoms with Crippen LogP contribution in [0.2, 0.25) is 0 Å². The number of carbonyl (C=O) groups excluding carboxylic acids is 1. The van der Waals surface area contributed by atoms with E-state index in [1.165, 1.54) is 19.3 Å². The summed E-state index contributed by atoms with van der Waals surface area (Å²) in [4.78, 5) is 11.3. The van der Waals surface area contributed by atoms with Gasteiger partial charge in [-0.2, -0.15) is 0 Å². The van der Waals surface area contributed by atoms with Crippen molar-refractivity contribution < 1.29 is 9.53 Å². The zero-order valence-electron chi connectivity index (χ0n) is 11.4. The Balaban J connectivity index is 3.86. The van der Waals surface area contributed by atoms with E-state index in [0.717, 1.165) is 18.8 Å². The Hall–Kier alpha value is -0.530. The fourth-order valence-corrected chi connectivity index (χ4v) is 1.93. The lowest BCUT2D eigenvalue weighted by Gasteiger charge is -2.20. The molecule has 96 valence electrons. The molecule has 0 aliphatic carbocycles. The van der Waals surface area contributed by atoms with Gasteiger partial charge in [-0.1, -0.05) is 47.0 Å². The van der Waals surface area contributed by atoms with Gasteiger partial charge in [0, 0.05) is 6.42 Å². The highest BCUT2D eigenvalue weighted by Crippen LogP contribution is 2.21. The first-order chi connectivity index (χ1) is 7.67. The topological polar surface area (TPSA) is 26.3 Å². The molecule has 0 saturated heterocycles. The van der Waals surface area contributed by atoms with Crippen LogP contribution in [0.25, 0.3) is 0 Å². The molecule has 0 aliphatic heterocycles. The standard InChI is InChI=1S/C14H28O2/c1-5-9-14(15)16-11-13(8-4)10-12(6-2)7-3/h12-13H,5-11H2,1-4H3. The Morgan fingerprint density at radius 3 is 2.00 bits per heavy atom. The lowest BCUT2D eigenvalue weighted by molar-refractivity contribution is -0.145. The van der Waals surface area contributed by atoms with Crippen LogP contribution in [0.1, 0.15) is 66.2 Å². The number of rotatable bonds is 9. The molecule has 0 radical (unpaired) electrons. The van der Waals surface area contributed by atoms with E-state index in [4.69, 9.17) is 4.74 Å². The van der Waals surface area contributed by atoms with Crippen molar-refractivity contribution in [1.29, 1.82) is 0 Å². The molecule has 1 unspecified atom stereocenters. The summed E-state index contributed by atoms with van der Waals surface area (Å²) in [5.74, 6) is 1.30. The number of carbonyl (C=O) groups is 1. The Labute approximate surface area is 101 Å². The maximum Gasteiger partial charge on any atom is 0.305 e. The summed E-state index contributed by atoms with van der Waals surface area (Å²) in [6, 6.07) is 0. The van der Waals surface area contributed by atoms with E-state index in [1.807, 2.05) is 6.92 Å². The Bertz CT molecular complexity index is 174. The van der Waals surface area contributed by atoms with Crippen LogP contribution in [0.5, 0.6) is 0 Å². The molecule has 0 aromatic heterocycles. The second-order valence-corrected chi connectivity index (χ2v) is 4.63. The van der Waals surface area contributed by atoms with E-state index in [9.17, 15) is 4.79 Å². The summed E-state index contributed by atoms with van der Waals surface area (Å²) in [5.41, 5.74) is 0. The first-order valence-electron chi connectivity index (χ1n) is 6.83. The molecule has 0 rings (SSSR count). The van der Waals surface area contributed by atoms with Crippen molar-refractivity contribution in [3.05, 3.63) is 0 Å². The third kappa shape index (κ3) is 6.86. The van der Waals surface area contributed by atoms with Crippen LogP contribution in [0, 0.1) is 11.8 Å². The van der Waals surface area contributed by atoms with Crippen LogP contribution < -0.4 is 0 Å². The molecule has 0 aromatic carbocycles. The zero-order chi connectivity index (χ0) is 12.4. The molecule has 2 heteroatoms. The van der Waals surface area contributed by atoms with E-state index in [0.29, 0.717) is 18.9 Å². The molecule has 1 atom stereocenters. The van der Waals surface area contributed by atoms with Gasteiger partial charge in [0.2, 0.25) is 0 Å². The predicted molar refractivity (Wildman–Crippen MR) is 68.3 cm³/mol. The normalized spacial score (nSPS) is 12.8. The number of esters is 1. The summed E-state index contributed by atoms with van der Waals surface area (Å²) in [6.07, 6.45) is 6.20. The van der Waals surface area contributed by atoms with Crippen LogP contribution >= 0.6 is 0 Å². The number of hydrogen-bond acceptors (Lipinski definition) is 2. The van der Waals surface area contributed by atoms with E-state index in [-0.39, 0.29) is 5.97 Å². The fraction of sp³-hybridized carbons (Fsp3) is 0.929. The molecule has 0 N–H and O–H groups in total. The van der Waals surface area contributed by atoms with E-state index in [2.05, 4.69) is 20.8 Å². The van der Waals surface area contributed by atoms with Gasteiger partial charge in [0.25, 0.3) is 0 Å². The molecule has 2 nitrogen and oxygen atoms in total. The molecular weight excluding hydrogens is 200 g/mol. The van der Waals surface area contributed by atoms with Crippen LogP contribution in [0.15, 0.2) is 0 Å². The molecule has 0 saturated carbocycles. The summed E-state index contributed by atoms with van der Waals surface area (Å²) in [7, 11) is 0. The second-order valence-electron chi connectivity index (χ2n) is 4.63. The van der Waals surface area contributed by atoms with E-state index >= 15 is 0 Å². The van der Waals surface area contributed by atoms with Crippen molar-refractivity contribution in [2.75, 3.05) is 6.61 Å². The minimum absolute atomic E-state index is 0.0366. The molecule has 0 aliphatic rings. The highest BCUT2D eigenvalue weighted by Gasteiger charge is 2.14. The fourth-order valence-electron chi connectivity index (χ4n) is 1.93. The lowest BCUT2D eigenvalue weighted by atomic mass is 9.89. The maximum atomic E-state index is 11.3. The van der Waals surface area contributed by atoms with E-state index < -0.39 is 0 Å². The summed E-state index contributed by atoms with van der Waals surface area (Å²) in [5, 5.41) is 0. The largest absolute Gasteiger partial charge is 0.465 e.